The summed E-state index contributed by atoms with van der Waals surface area (Å²) in [5.41, 5.74) is 13.9. The van der Waals surface area contributed by atoms with Crippen molar-refractivity contribution in [1.82, 2.24) is 14.9 Å². The molecule has 1 heterocycles. The third kappa shape index (κ3) is 5.02. The number of aromatic nitrogens is 2. The molecule has 9 nitrogen and oxygen atoms in total. The maximum atomic E-state index is 11.5. The summed E-state index contributed by atoms with van der Waals surface area (Å²) in [7, 11) is 1.51. The lowest BCUT2D eigenvalue weighted by atomic mass is 10.1. The van der Waals surface area contributed by atoms with Crippen LogP contribution in [-0.2, 0) is 17.9 Å². The second kappa shape index (κ2) is 9.37. The number of aliphatic hydroxyl groups is 1. The lowest BCUT2D eigenvalue weighted by molar-refractivity contribution is -0.128. The minimum atomic E-state index is -1.07. The molecule has 3 rings (SSSR count). The van der Waals surface area contributed by atoms with Crippen molar-refractivity contribution in [3.8, 4) is 5.75 Å². The van der Waals surface area contributed by atoms with E-state index in [-0.39, 0.29) is 0 Å². The monoisotopic (exact) mass is 399 g/mol. The highest BCUT2D eigenvalue weighted by Crippen LogP contribution is 2.29. The number of carbonyl (C=O) groups excluding carboxylic acids is 1. The fourth-order valence-corrected chi connectivity index (χ4v) is 3.04. The van der Waals surface area contributed by atoms with E-state index in [2.05, 4.69) is 10.3 Å². The van der Waals surface area contributed by atoms with Gasteiger partial charge in [-0.3, -0.25) is 10.1 Å². The molecule has 0 bridgehead atoms. The Bertz CT molecular complexity index is 974. The van der Waals surface area contributed by atoms with Gasteiger partial charge in [-0.2, -0.15) is 0 Å². The Balaban J connectivity index is 1.57. The number of ether oxygens (including phenoxy) is 2. The molecule has 1 atom stereocenters. The molecule has 0 saturated heterocycles. The number of benzene rings is 2. The third-order valence-corrected chi connectivity index (χ3v) is 4.47. The average Bonchev–Trinajstić information content (AvgIpc) is 3.04. The molecular formula is C20H25N5O4. The summed E-state index contributed by atoms with van der Waals surface area (Å²) >= 11 is 0. The fourth-order valence-electron chi connectivity index (χ4n) is 3.04. The molecular weight excluding hydrogens is 374 g/mol. The fraction of sp³-hybridized carbons (Fsp3) is 0.300. The first-order valence-electron chi connectivity index (χ1n) is 9.20. The number of nitrogen functional groups attached to an aromatic ring is 1. The van der Waals surface area contributed by atoms with Crippen LogP contribution in [0.3, 0.4) is 0 Å². The SMILES string of the molecule is COc1cc(C(N)=O)cc2nc(N)n(CCCNC(O)OCc3ccccc3)c12. The average molecular weight is 399 g/mol. The smallest absolute Gasteiger partial charge is 0.248 e. The second-order valence-corrected chi connectivity index (χ2v) is 6.49. The van der Waals surface area contributed by atoms with Crippen molar-refractivity contribution in [2.75, 3.05) is 19.4 Å². The quantitative estimate of drug-likeness (QED) is 0.297. The van der Waals surface area contributed by atoms with Gasteiger partial charge < -0.3 is 30.6 Å². The summed E-state index contributed by atoms with van der Waals surface area (Å²) in [5, 5.41) is 12.8. The number of nitrogens with two attached hydrogens (primary N) is 2. The minimum absolute atomic E-state index is 0.305. The summed E-state index contributed by atoms with van der Waals surface area (Å²) in [4.78, 5) is 15.8. The Morgan fingerprint density at radius 1 is 1.31 bits per heavy atom. The van der Waals surface area contributed by atoms with Gasteiger partial charge in [-0.15, -0.1) is 0 Å². The molecule has 1 aromatic heterocycles. The largest absolute Gasteiger partial charge is 0.494 e. The normalized spacial score (nSPS) is 12.2. The minimum Gasteiger partial charge on any atom is -0.494 e. The van der Waals surface area contributed by atoms with Gasteiger partial charge in [0, 0.05) is 18.7 Å². The molecule has 29 heavy (non-hydrogen) atoms. The zero-order chi connectivity index (χ0) is 20.8. The number of imidazole rings is 1. The van der Waals surface area contributed by atoms with Gasteiger partial charge in [-0.25, -0.2) is 4.98 Å². The van der Waals surface area contributed by atoms with E-state index in [1.165, 1.54) is 7.11 Å². The Morgan fingerprint density at radius 2 is 2.07 bits per heavy atom. The van der Waals surface area contributed by atoms with Gasteiger partial charge in [-0.1, -0.05) is 30.3 Å². The Morgan fingerprint density at radius 3 is 2.76 bits per heavy atom. The molecule has 154 valence electrons. The highest BCUT2D eigenvalue weighted by Gasteiger charge is 2.16. The lowest BCUT2D eigenvalue weighted by Crippen LogP contribution is -2.32. The number of anilines is 1. The maximum Gasteiger partial charge on any atom is 0.248 e. The van der Waals surface area contributed by atoms with E-state index in [1.807, 2.05) is 30.3 Å². The standard InChI is InChI=1S/C20H25N5O4/c1-28-16-11-14(18(21)26)10-15-17(16)25(19(22)24-15)9-5-8-23-20(27)29-12-13-6-3-2-4-7-13/h2-4,6-7,10-11,20,23,27H,5,8-9,12H2,1H3,(H2,21,26)(H2,22,24). The highest BCUT2D eigenvalue weighted by molar-refractivity contribution is 5.98. The van der Waals surface area contributed by atoms with Gasteiger partial charge in [0.25, 0.3) is 0 Å². The van der Waals surface area contributed by atoms with E-state index in [0.717, 1.165) is 5.56 Å². The number of carbonyl (C=O) groups is 1. The number of nitrogens with zero attached hydrogens (tertiary/aromatic N) is 2. The molecule has 3 aromatic rings. The molecule has 0 radical (unpaired) electrons. The zero-order valence-electron chi connectivity index (χ0n) is 16.2. The second-order valence-electron chi connectivity index (χ2n) is 6.49. The van der Waals surface area contributed by atoms with Gasteiger partial charge in [-0.05, 0) is 24.1 Å². The molecule has 9 heteroatoms. The zero-order valence-corrected chi connectivity index (χ0v) is 16.2. The number of aryl methyl sites for hydroxylation is 1. The first-order chi connectivity index (χ1) is 14.0. The van der Waals surface area contributed by atoms with Crippen molar-refractivity contribution in [3.05, 3.63) is 53.6 Å². The number of primary amides is 1. The number of fused-ring (bicyclic) bond motifs is 1. The topological polar surface area (TPSA) is 138 Å². The summed E-state index contributed by atoms with van der Waals surface area (Å²) in [6, 6.07) is 12.8. The molecule has 0 fully saturated rings. The van der Waals surface area contributed by atoms with Crippen LogP contribution in [0.2, 0.25) is 0 Å². The van der Waals surface area contributed by atoms with E-state index in [9.17, 15) is 9.90 Å². The number of methoxy groups -OCH3 is 1. The molecule has 1 amide bonds. The highest BCUT2D eigenvalue weighted by atomic mass is 16.6. The van der Waals surface area contributed by atoms with Crippen LogP contribution in [0, 0.1) is 0 Å². The number of nitrogens with one attached hydrogen (secondary N) is 1. The number of hydrogen-bond acceptors (Lipinski definition) is 7. The van der Waals surface area contributed by atoms with E-state index in [0.29, 0.717) is 54.4 Å². The molecule has 2 aromatic carbocycles. The van der Waals surface area contributed by atoms with Crippen LogP contribution in [0.1, 0.15) is 22.3 Å². The van der Waals surface area contributed by atoms with Crippen LogP contribution < -0.4 is 21.5 Å². The summed E-state index contributed by atoms with van der Waals surface area (Å²) in [5.74, 6) is 0.215. The molecule has 0 aliphatic rings. The molecule has 0 saturated carbocycles. The van der Waals surface area contributed by atoms with Crippen molar-refractivity contribution in [1.29, 1.82) is 0 Å². The summed E-state index contributed by atoms with van der Waals surface area (Å²) in [6.07, 6.45) is -0.415. The van der Waals surface area contributed by atoms with Gasteiger partial charge in [0.15, 0.2) is 0 Å². The summed E-state index contributed by atoms with van der Waals surface area (Å²) < 4.78 is 12.6. The van der Waals surface area contributed by atoms with E-state index < -0.39 is 12.3 Å². The predicted octanol–water partition coefficient (Wildman–Crippen LogP) is 1.20. The van der Waals surface area contributed by atoms with Crippen molar-refractivity contribution in [2.45, 2.75) is 26.0 Å². The molecule has 0 spiro atoms. The number of aliphatic hydroxyl groups excluding tert-OH is 1. The summed E-state index contributed by atoms with van der Waals surface area (Å²) in [6.45, 7) is 1.34. The van der Waals surface area contributed by atoms with Crippen LogP contribution in [0.25, 0.3) is 11.0 Å². The van der Waals surface area contributed by atoms with Crippen LogP contribution in [0.5, 0.6) is 5.75 Å². The van der Waals surface area contributed by atoms with Crippen LogP contribution in [0.4, 0.5) is 5.95 Å². The molecule has 6 N–H and O–H groups in total. The Kier molecular flexibility index (Phi) is 6.65. The van der Waals surface area contributed by atoms with Gasteiger partial charge in [0.2, 0.25) is 18.3 Å². The van der Waals surface area contributed by atoms with Gasteiger partial charge in [0.05, 0.1) is 19.2 Å². The maximum absolute atomic E-state index is 11.5. The third-order valence-electron chi connectivity index (χ3n) is 4.47. The Hall–Kier alpha value is -3.14. The van der Waals surface area contributed by atoms with Crippen LogP contribution in [-0.4, -0.2) is 40.6 Å². The van der Waals surface area contributed by atoms with Crippen molar-refractivity contribution in [3.63, 3.8) is 0 Å². The van der Waals surface area contributed by atoms with Crippen molar-refractivity contribution < 1.29 is 19.4 Å². The van der Waals surface area contributed by atoms with E-state index >= 15 is 0 Å². The lowest BCUT2D eigenvalue weighted by Gasteiger charge is -2.14. The predicted molar refractivity (Wildman–Crippen MR) is 109 cm³/mol. The van der Waals surface area contributed by atoms with E-state index in [1.54, 1.807) is 16.7 Å². The number of rotatable bonds is 10. The first kappa shape index (κ1) is 20.6. The van der Waals surface area contributed by atoms with E-state index in [4.69, 9.17) is 20.9 Å². The van der Waals surface area contributed by atoms with Crippen molar-refractivity contribution in [2.24, 2.45) is 5.73 Å². The number of hydrogen-bond donors (Lipinski definition) is 4. The first-order valence-corrected chi connectivity index (χ1v) is 9.20. The van der Waals surface area contributed by atoms with Crippen LogP contribution in [0.15, 0.2) is 42.5 Å². The van der Waals surface area contributed by atoms with Gasteiger partial charge >= 0.3 is 0 Å². The molecule has 1 unspecified atom stereocenters. The van der Waals surface area contributed by atoms with Gasteiger partial charge in [0.1, 0.15) is 11.3 Å². The molecule has 0 aliphatic carbocycles. The number of amides is 1. The Labute approximate surface area is 168 Å². The molecule has 0 aliphatic heterocycles. The van der Waals surface area contributed by atoms with Crippen LogP contribution >= 0.6 is 0 Å². The van der Waals surface area contributed by atoms with Crippen molar-refractivity contribution >= 4 is 22.9 Å².